The van der Waals surface area contributed by atoms with E-state index < -0.39 is 0 Å². The third kappa shape index (κ3) is 3.34. The maximum absolute atomic E-state index is 13.0. The lowest BCUT2D eigenvalue weighted by Gasteiger charge is -2.13. The van der Waals surface area contributed by atoms with Gasteiger partial charge in [-0.15, -0.1) is 0 Å². The Morgan fingerprint density at radius 1 is 1.16 bits per heavy atom. The Bertz CT molecular complexity index is 551. The van der Waals surface area contributed by atoms with Gasteiger partial charge in [0, 0.05) is 11.6 Å². The van der Waals surface area contributed by atoms with E-state index in [4.69, 9.17) is 11.6 Å². The minimum absolute atomic E-state index is 0.314. The van der Waals surface area contributed by atoms with E-state index in [1.165, 1.54) is 17.7 Å². The molecule has 2 rings (SSSR count). The second-order valence-electron chi connectivity index (χ2n) is 4.53. The summed E-state index contributed by atoms with van der Waals surface area (Å²) in [6, 6.07) is 13.0. The monoisotopic (exact) mass is 277 g/mol. The first-order valence-corrected chi connectivity index (χ1v) is 6.78. The van der Waals surface area contributed by atoms with Gasteiger partial charge in [-0.05, 0) is 42.8 Å². The number of nitrogens with one attached hydrogen (secondary N) is 1. The van der Waals surface area contributed by atoms with Crippen molar-refractivity contribution in [1.82, 2.24) is 5.32 Å². The van der Waals surface area contributed by atoms with Gasteiger partial charge in [0.25, 0.3) is 0 Å². The van der Waals surface area contributed by atoms with Gasteiger partial charge in [-0.25, -0.2) is 4.39 Å². The number of benzene rings is 2. The van der Waals surface area contributed by atoms with Crippen molar-refractivity contribution in [2.24, 2.45) is 0 Å². The average Bonchev–Trinajstić information content (AvgIpc) is 2.39. The molecule has 19 heavy (non-hydrogen) atoms. The summed E-state index contributed by atoms with van der Waals surface area (Å²) in [5.41, 5.74) is 3.08. The highest BCUT2D eigenvalue weighted by molar-refractivity contribution is 6.33. The van der Waals surface area contributed by atoms with E-state index in [0.29, 0.717) is 11.1 Å². The fraction of sp³-hybridized carbons (Fsp3) is 0.250. The molecule has 0 amide bonds. The lowest BCUT2D eigenvalue weighted by atomic mass is 10.0. The van der Waals surface area contributed by atoms with Crippen LogP contribution < -0.4 is 5.32 Å². The van der Waals surface area contributed by atoms with Gasteiger partial charge >= 0.3 is 0 Å². The number of rotatable bonds is 4. The van der Waals surface area contributed by atoms with Gasteiger partial charge in [0.15, 0.2) is 0 Å². The summed E-state index contributed by atoms with van der Waals surface area (Å²) in [7, 11) is 0. The van der Waals surface area contributed by atoms with Crippen molar-refractivity contribution in [2.75, 3.05) is 6.54 Å². The molecule has 1 N–H and O–H groups in total. The molecule has 0 radical (unpaired) electrons. The smallest absolute Gasteiger partial charge is 0.124 e. The van der Waals surface area contributed by atoms with E-state index in [2.05, 4.69) is 31.3 Å². The number of halogens is 2. The fourth-order valence-electron chi connectivity index (χ4n) is 2.10. The molecule has 3 heteroatoms. The zero-order valence-corrected chi connectivity index (χ0v) is 11.8. The summed E-state index contributed by atoms with van der Waals surface area (Å²) in [4.78, 5) is 0. The van der Waals surface area contributed by atoms with Crippen LogP contribution in [-0.2, 0) is 0 Å². The van der Waals surface area contributed by atoms with Crippen LogP contribution in [0.4, 0.5) is 4.39 Å². The molecule has 0 saturated carbocycles. The lowest BCUT2D eigenvalue weighted by molar-refractivity contribution is 0.598. The molecular formula is C16H17ClFN. The van der Waals surface area contributed by atoms with Gasteiger partial charge in [-0.1, -0.05) is 42.8 Å². The summed E-state index contributed by atoms with van der Waals surface area (Å²) in [5, 5.41) is 3.80. The van der Waals surface area contributed by atoms with Gasteiger partial charge in [0.05, 0.1) is 5.02 Å². The van der Waals surface area contributed by atoms with Crippen LogP contribution in [0, 0.1) is 5.82 Å². The highest BCUT2D eigenvalue weighted by Gasteiger charge is 2.07. The van der Waals surface area contributed by atoms with Crippen LogP contribution in [0.3, 0.4) is 0 Å². The molecular weight excluding hydrogens is 261 g/mol. The predicted octanol–water partition coefficient (Wildman–Crippen LogP) is 4.82. The largest absolute Gasteiger partial charge is 0.310 e. The van der Waals surface area contributed by atoms with E-state index in [1.54, 1.807) is 6.07 Å². The third-order valence-electron chi connectivity index (χ3n) is 3.16. The maximum atomic E-state index is 13.0. The maximum Gasteiger partial charge on any atom is 0.124 e. The van der Waals surface area contributed by atoms with E-state index in [0.717, 1.165) is 17.7 Å². The van der Waals surface area contributed by atoms with E-state index in [1.807, 2.05) is 12.1 Å². The molecule has 2 aromatic rings. The molecule has 0 fully saturated rings. The second-order valence-corrected chi connectivity index (χ2v) is 4.93. The van der Waals surface area contributed by atoms with Crippen LogP contribution in [0.15, 0.2) is 42.5 Å². The minimum Gasteiger partial charge on any atom is -0.310 e. The van der Waals surface area contributed by atoms with Crippen molar-refractivity contribution in [3.63, 3.8) is 0 Å². The minimum atomic E-state index is -0.314. The third-order valence-corrected chi connectivity index (χ3v) is 3.48. The number of hydrogen-bond donors (Lipinski definition) is 1. The van der Waals surface area contributed by atoms with Gasteiger partial charge in [-0.2, -0.15) is 0 Å². The van der Waals surface area contributed by atoms with Crippen molar-refractivity contribution in [2.45, 2.75) is 19.9 Å². The molecule has 0 heterocycles. The molecule has 1 nitrogen and oxygen atoms in total. The quantitative estimate of drug-likeness (QED) is 0.845. The van der Waals surface area contributed by atoms with Crippen molar-refractivity contribution < 1.29 is 4.39 Å². The zero-order valence-electron chi connectivity index (χ0n) is 11.1. The molecule has 0 saturated heterocycles. The molecule has 0 aromatic heterocycles. The highest BCUT2D eigenvalue weighted by atomic mass is 35.5. The van der Waals surface area contributed by atoms with Crippen LogP contribution in [0.25, 0.3) is 11.1 Å². The normalized spacial score (nSPS) is 12.4. The molecule has 0 bridgehead atoms. The van der Waals surface area contributed by atoms with Crippen LogP contribution >= 0.6 is 11.6 Å². The molecule has 0 aliphatic heterocycles. The average molecular weight is 278 g/mol. The zero-order chi connectivity index (χ0) is 13.8. The Hall–Kier alpha value is -1.38. The molecule has 0 aliphatic carbocycles. The summed E-state index contributed by atoms with van der Waals surface area (Å²) in [5.74, 6) is -0.314. The summed E-state index contributed by atoms with van der Waals surface area (Å²) in [6.45, 7) is 5.15. The first-order chi connectivity index (χ1) is 9.11. The topological polar surface area (TPSA) is 12.0 Å². The Morgan fingerprint density at radius 2 is 1.84 bits per heavy atom. The molecule has 0 spiro atoms. The predicted molar refractivity (Wildman–Crippen MR) is 78.9 cm³/mol. The summed E-state index contributed by atoms with van der Waals surface area (Å²) < 4.78 is 13.0. The molecule has 1 unspecified atom stereocenters. The SMILES string of the molecule is CCNC(C)c1ccc(-c2ccc(F)cc2Cl)cc1. The fourth-order valence-corrected chi connectivity index (χ4v) is 2.38. The van der Waals surface area contributed by atoms with Crippen molar-refractivity contribution in [3.05, 3.63) is 58.9 Å². The van der Waals surface area contributed by atoms with Crippen molar-refractivity contribution in [1.29, 1.82) is 0 Å². The van der Waals surface area contributed by atoms with E-state index >= 15 is 0 Å². The van der Waals surface area contributed by atoms with E-state index in [-0.39, 0.29) is 5.82 Å². The Balaban J connectivity index is 2.27. The first-order valence-electron chi connectivity index (χ1n) is 6.40. The van der Waals surface area contributed by atoms with Crippen LogP contribution in [0.1, 0.15) is 25.5 Å². The van der Waals surface area contributed by atoms with Crippen molar-refractivity contribution in [3.8, 4) is 11.1 Å². The highest BCUT2D eigenvalue weighted by Crippen LogP contribution is 2.29. The molecule has 100 valence electrons. The molecule has 1 atom stereocenters. The standard InChI is InChI=1S/C16H17ClFN/c1-3-19-11(2)12-4-6-13(7-5-12)15-9-8-14(18)10-16(15)17/h4-11,19H,3H2,1-2H3. The van der Waals surface area contributed by atoms with Gasteiger partial charge in [0.1, 0.15) is 5.82 Å². The Labute approximate surface area is 118 Å². The van der Waals surface area contributed by atoms with Gasteiger partial charge in [-0.3, -0.25) is 0 Å². The van der Waals surface area contributed by atoms with E-state index in [9.17, 15) is 4.39 Å². The second kappa shape index (κ2) is 6.18. The Kier molecular flexibility index (Phi) is 4.56. The Morgan fingerprint density at radius 3 is 2.42 bits per heavy atom. The lowest BCUT2D eigenvalue weighted by Crippen LogP contribution is -2.17. The molecule has 2 aromatic carbocycles. The summed E-state index contributed by atoms with van der Waals surface area (Å²) >= 11 is 6.06. The van der Waals surface area contributed by atoms with Crippen LogP contribution in [0.2, 0.25) is 5.02 Å². The molecule has 0 aliphatic rings. The van der Waals surface area contributed by atoms with Gasteiger partial charge in [0.2, 0.25) is 0 Å². The van der Waals surface area contributed by atoms with Crippen molar-refractivity contribution >= 4 is 11.6 Å². The van der Waals surface area contributed by atoms with Gasteiger partial charge < -0.3 is 5.32 Å². The van der Waals surface area contributed by atoms with Crippen LogP contribution in [0.5, 0.6) is 0 Å². The first kappa shape index (κ1) is 14.0. The van der Waals surface area contributed by atoms with Crippen LogP contribution in [-0.4, -0.2) is 6.54 Å². The summed E-state index contributed by atoms with van der Waals surface area (Å²) in [6.07, 6.45) is 0. The number of hydrogen-bond acceptors (Lipinski definition) is 1.